The van der Waals surface area contributed by atoms with E-state index in [0.29, 0.717) is 18.2 Å². The van der Waals surface area contributed by atoms with Gasteiger partial charge in [-0.25, -0.2) is 8.78 Å². The van der Waals surface area contributed by atoms with Gasteiger partial charge in [0.15, 0.2) is 6.61 Å². The summed E-state index contributed by atoms with van der Waals surface area (Å²) in [5.41, 5.74) is 1.91. The maximum atomic E-state index is 13.9. The van der Waals surface area contributed by atoms with Gasteiger partial charge in [-0.3, -0.25) is 4.79 Å². The number of benzene rings is 3. The van der Waals surface area contributed by atoms with E-state index in [1.54, 1.807) is 18.2 Å². The van der Waals surface area contributed by atoms with Crippen LogP contribution >= 0.6 is 0 Å². The fourth-order valence-corrected chi connectivity index (χ4v) is 2.87. The minimum Gasteiger partial charge on any atom is -0.483 e. The highest BCUT2D eigenvalue weighted by molar-refractivity contribution is 5.78. The summed E-state index contributed by atoms with van der Waals surface area (Å²) in [7, 11) is 0. The highest BCUT2D eigenvalue weighted by Crippen LogP contribution is 2.22. The van der Waals surface area contributed by atoms with Gasteiger partial charge in [-0.05, 0) is 23.3 Å². The van der Waals surface area contributed by atoms with Crippen LogP contribution in [0.3, 0.4) is 0 Å². The Balaban J connectivity index is 1.64. The number of hydrogen-bond acceptors (Lipinski definition) is 3. The SMILES string of the molecule is N#CC(NC(=O)COc1ccccc1Cc1ccccc1)c1ccc(F)cc1F. The maximum Gasteiger partial charge on any atom is 0.259 e. The smallest absolute Gasteiger partial charge is 0.259 e. The Hall–Kier alpha value is -3.72. The molecule has 0 bridgehead atoms. The molecule has 0 fully saturated rings. The van der Waals surface area contributed by atoms with Crippen LogP contribution in [0.5, 0.6) is 5.75 Å². The van der Waals surface area contributed by atoms with Crippen LogP contribution in [-0.4, -0.2) is 12.5 Å². The van der Waals surface area contributed by atoms with Crippen LogP contribution in [0.25, 0.3) is 0 Å². The number of rotatable bonds is 7. The number of ether oxygens (including phenoxy) is 1. The zero-order valence-corrected chi connectivity index (χ0v) is 15.4. The summed E-state index contributed by atoms with van der Waals surface area (Å²) >= 11 is 0. The highest BCUT2D eigenvalue weighted by atomic mass is 19.1. The van der Waals surface area contributed by atoms with Crippen molar-refractivity contribution in [3.63, 3.8) is 0 Å². The Kier molecular flexibility index (Phi) is 6.54. The number of para-hydroxylation sites is 1. The van der Waals surface area contributed by atoms with Crippen molar-refractivity contribution in [1.29, 1.82) is 5.26 Å². The van der Waals surface area contributed by atoms with Crippen LogP contribution < -0.4 is 10.1 Å². The van der Waals surface area contributed by atoms with Crippen LogP contribution in [0.2, 0.25) is 0 Å². The molecule has 3 rings (SSSR count). The molecule has 0 radical (unpaired) electrons. The lowest BCUT2D eigenvalue weighted by atomic mass is 10.0. The molecule has 0 saturated heterocycles. The molecule has 0 saturated carbocycles. The minimum atomic E-state index is -1.24. The number of amides is 1. The van der Waals surface area contributed by atoms with Crippen molar-refractivity contribution in [2.24, 2.45) is 0 Å². The van der Waals surface area contributed by atoms with E-state index in [2.05, 4.69) is 5.32 Å². The van der Waals surface area contributed by atoms with Gasteiger partial charge in [-0.1, -0.05) is 54.6 Å². The topological polar surface area (TPSA) is 62.1 Å². The van der Waals surface area contributed by atoms with Gasteiger partial charge < -0.3 is 10.1 Å². The second-order valence-electron chi connectivity index (χ2n) is 6.35. The van der Waals surface area contributed by atoms with E-state index in [0.717, 1.165) is 23.3 Å². The van der Waals surface area contributed by atoms with Crippen LogP contribution in [0.1, 0.15) is 22.7 Å². The van der Waals surface area contributed by atoms with Gasteiger partial charge in [0.25, 0.3) is 5.91 Å². The molecule has 1 unspecified atom stereocenters. The average molecular weight is 392 g/mol. The van der Waals surface area contributed by atoms with Gasteiger partial charge in [0.05, 0.1) is 6.07 Å². The van der Waals surface area contributed by atoms with Gasteiger partial charge in [0.1, 0.15) is 23.4 Å². The normalized spacial score (nSPS) is 11.3. The molecule has 0 heterocycles. The Morgan fingerprint density at radius 2 is 1.76 bits per heavy atom. The number of nitrogens with zero attached hydrogens (tertiary/aromatic N) is 1. The van der Waals surface area contributed by atoms with Gasteiger partial charge in [0, 0.05) is 18.1 Å². The van der Waals surface area contributed by atoms with Gasteiger partial charge >= 0.3 is 0 Å². The summed E-state index contributed by atoms with van der Waals surface area (Å²) < 4.78 is 32.6. The van der Waals surface area contributed by atoms with E-state index in [4.69, 9.17) is 4.74 Å². The first kappa shape index (κ1) is 20.0. The van der Waals surface area contributed by atoms with E-state index in [9.17, 15) is 18.8 Å². The predicted molar refractivity (Wildman–Crippen MR) is 104 cm³/mol. The van der Waals surface area contributed by atoms with Crippen molar-refractivity contribution in [3.05, 3.63) is 101 Å². The first-order valence-electron chi connectivity index (χ1n) is 8.95. The van der Waals surface area contributed by atoms with E-state index >= 15 is 0 Å². The van der Waals surface area contributed by atoms with Crippen LogP contribution in [0.4, 0.5) is 8.78 Å². The predicted octanol–water partition coefficient (Wildman–Crippen LogP) is 4.32. The molecule has 0 aliphatic carbocycles. The van der Waals surface area contributed by atoms with Crippen molar-refractivity contribution in [2.45, 2.75) is 12.5 Å². The Labute approximate surface area is 167 Å². The summed E-state index contributed by atoms with van der Waals surface area (Å²) in [6, 6.07) is 20.6. The number of carbonyl (C=O) groups excluding carboxylic acids is 1. The quantitative estimate of drug-likeness (QED) is 0.652. The summed E-state index contributed by atoms with van der Waals surface area (Å²) in [5.74, 6) is -1.69. The Morgan fingerprint density at radius 3 is 2.48 bits per heavy atom. The maximum absolute atomic E-state index is 13.9. The molecule has 29 heavy (non-hydrogen) atoms. The summed E-state index contributed by atoms with van der Waals surface area (Å²) in [6.45, 7) is -0.340. The highest BCUT2D eigenvalue weighted by Gasteiger charge is 2.18. The second-order valence-corrected chi connectivity index (χ2v) is 6.35. The molecule has 3 aromatic carbocycles. The van der Waals surface area contributed by atoms with Crippen molar-refractivity contribution in [1.82, 2.24) is 5.32 Å². The molecular formula is C23H18F2N2O2. The number of hydrogen-bond donors (Lipinski definition) is 1. The number of halogens is 2. The first-order chi connectivity index (χ1) is 14.1. The molecule has 1 amide bonds. The lowest BCUT2D eigenvalue weighted by molar-refractivity contribution is -0.123. The second kappa shape index (κ2) is 9.47. The third-order valence-electron chi connectivity index (χ3n) is 4.28. The molecule has 0 spiro atoms. The zero-order valence-electron chi connectivity index (χ0n) is 15.4. The molecular weight excluding hydrogens is 374 g/mol. The third kappa shape index (κ3) is 5.39. The standard InChI is InChI=1S/C23H18F2N2O2/c24-18-10-11-19(20(25)13-18)21(14-26)27-23(28)15-29-22-9-5-4-8-17(22)12-16-6-2-1-3-7-16/h1-11,13,21H,12,15H2,(H,27,28). The van der Waals surface area contributed by atoms with Crippen molar-refractivity contribution in [3.8, 4) is 11.8 Å². The largest absolute Gasteiger partial charge is 0.483 e. The zero-order chi connectivity index (χ0) is 20.6. The molecule has 1 atom stereocenters. The summed E-state index contributed by atoms with van der Waals surface area (Å²) in [6.07, 6.45) is 0.639. The van der Waals surface area contributed by atoms with Crippen LogP contribution in [0, 0.1) is 23.0 Å². The molecule has 0 aliphatic heterocycles. The van der Waals surface area contributed by atoms with Crippen molar-refractivity contribution >= 4 is 5.91 Å². The van der Waals surface area contributed by atoms with E-state index in [1.165, 1.54) is 0 Å². The lowest BCUT2D eigenvalue weighted by Gasteiger charge is -2.15. The van der Waals surface area contributed by atoms with Crippen LogP contribution in [0.15, 0.2) is 72.8 Å². The molecule has 4 nitrogen and oxygen atoms in total. The molecule has 3 aromatic rings. The molecule has 6 heteroatoms. The summed E-state index contributed by atoms with van der Waals surface area (Å²) in [5, 5.41) is 11.6. The Bertz CT molecular complexity index is 1030. The first-order valence-corrected chi connectivity index (χ1v) is 8.95. The van der Waals surface area contributed by atoms with Gasteiger partial charge in [0.2, 0.25) is 0 Å². The van der Waals surface area contributed by atoms with Gasteiger partial charge in [-0.15, -0.1) is 0 Å². The number of carbonyl (C=O) groups is 1. The van der Waals surface area contributed by atoms with E-state index < -0.39 is 23.6 Å². The fourth-order valence-electron chi connectivity index (χ4n) is 2.87. The van der Waals surface area contributed by atoms with Crippen molar-refractivity contribution < 1.29 is 18.3 Å². The van der Waals surface area contributed by atoms with Crippen molar-refractivity contribution in [2.75, 3.05) is 6.61 Å². The van der Waals surface area contributed by atoms with Crippen LogP contribution in [-0.2, 0) is 11.2 Å². The Morgan fingerprint density at radius 1 is 1.03 bits per heavy atom. The number of nitriles is 1. The lowest BCUT2D eigenvalue weighted by Crippen LogP contribution is -2.32. The minimum absolute atomic E-state index is 0.105. The molecule has 146 valence electrons. The molecule has 0 aliphatic rings. The summed E-state index contributed by atoms with van der Waals surface area (Å²) in [4.78, 5) is 12.2. The van der Waals surface area contributed by atoms with E-state index in [-0.39, 0.29) is 12.2 Å². The average Bonchev–Trinajstić information content (AvgIpc) is 2.72. The molecule has 0 aromatic heterocycles. The monoisotopic (exact) mass is 392 g/mol. The number of nitrogens with one attached hydrogen (secondary N) is 1. The fraction of sp³-hybridized carbons (Fsp3) is 0.130. The third-order valence-corrected chi connectivity index (χ3v) is 4.28. The van der Waals surface area contributed by atoms with E-state index in [1.807, 2.05) is 42.5 Å². The molecule has 1 N–H and O–H groups in total. The van der Waals surface area contributed by atoms with Gasteiger partial charge in [-0.2, -0.15) is 5.26 Å².